The lowest BCUT2D eigenvalue weighted by atomic mass is 10.1. The Morgan fingerprint density at radius 1 is 1.10 bits per heavy atom. The third-order valence-corrected chi connectivity index (χ3v) is 3.81. The Morgan fingerprint density at radius 2 is 1.95 bits per heavy atom. The molecule has 0 aliphatic carbocycles. The Kier molecular flexibility index (Phi) is 3.87. The second-order valence-electron chi connectivity index (χ2n) is 5.03. The summed E-state index contributed by atoms with van der Waals surface area (Å²) in [7, 11) is 2.03. The summed E-state index contributed by atoms with van der Waals surface area (Å²) in [6, 6.07) is 8.52. The molecule has 1 aliphatic heterocycles. The number of aromatic nitrogens is 3. The fourth-order valence-electron chi connectivity index (χ4n) is 2.57. The van der Waals surface area contributed by atoms with Crippen LogP contribution < -0.4 is 10.2 Å². The van der Waals surface area contributed by atoms with Crippen molar-refractivity contribution in [2.24, 2.45) is 0 Å². The van der Waals surface area contributed by atoms with E-state index in [0.29, 0.717) is 6.04 Å². The SMILES string of the molecule is CNC1CCN(c2cc(-c3ccccn3)ncn2)CC1. The zero-order chi connectivity index (χ0) is 13.8. The van der Waals surface area contributed by atoms with Gasteiger partial charge in [0, 0.05) is 31.4 Å². The molecule has 0 bridgehead atoms. The van der Waals surface area contributed by atoms with Crippen LogP contribution in [0, 0.1) is 0 Å². The zero-order valence-electron chi connectivity index (χ0n) is 11.7. The number of piperidine rings is 1. The second-order valence-corrected chi connectivity index (χ2v) is 5.03. The van der Waals surface area contributed by atoms with Gasteiger partial charge in [0.25, 0.3) is 0 Å². The Labute approximate surface area is 119 Å². The summed E-state index contributed by atoms with van der Waals surface area (Å²) < 4.78 is 0. The maximum Gasteiger partial charge on any atom is 0.132 e. The van der Waals surface area contributed by atoms with Crippen molar-refractivity contribution in [2.75, 3.05) is 25.0 Å². The number of nitrogens with zero attached hydrogens (tertiary/aromatic N) is 4. The first-order valence-corrected chi connectivity index (χ1v) is 7.02. The molecule has 5 nitrogen and oxygen atoms in total. The minimum atomic E-state index is 0.628. The molecule has 0 saturated carbocycles. The lowest BCUT2D eigenvalue weighted by molar-refractivity contribution is 0.440. The summed E-state index contributed by atoms with van der Waals surface area (Å²) >= 11 is 0. The highest BCUT2D eigenvalue weighted by atomic mass is 15.2. The predicted molar refractivity (Wildman–Crippen MR) is 79.6 cm³/mol. The van der Waals surface area contributed by atoms with Gasteiger partial charge in [-0.3, -0.25) is 4.98 Å². The van der Waals surface area contributed by atoms with Gasteiger partial charge in [0.2, 0.25) is 0 Å². The number of rotatable bonds is 3. The van der Waals surface area contributed by atoms with E-state index in [-0.39, 0.29) is 0 Å². The molecule has 20 heavy (non-hydrogen) atoms. The predicted octanol–water partition coefficient (Wildman–Crippen LogP) is 1.73. The van der Waals surface area contributed by atoms with E-state index in [4.69, 9.17) is 0 Å². The number of nitrogens with one attached hydrogen (secondary N) is 1. The fraction of sp³-hybridized carbons (Fsp3) is 0.400. The largest absolute Gasteiger partial charge is 0.356 e. The van der Waals surface area contributed by atoms with E-state index in [1.54, 1.807) is 12.5 Å². The minimum absolute atomic E-state index is 0.628. The summed E-state index contributed by atoms with van der Waals surface area (Å²) in [5.74, 6) is 0.996. The van der Waals surface area contributed by atoms with Crippen LogP contribution in [0.5, 0.6) is 0 Å². The van der Waals surface area contributed by atoms with Gasteiger partial charge < -0.3 is 10.2 Å². The molecule has 3 rings (SSSR count). The van der Waals surface area contributed by atoms with Gasteiger partial charge >= 0.3 is 0 Å². The zero-order valence-corrected chi connectivity index (χ0v) is 11.7. The Morgan fingerprint density at radius 3 is 2.65 bits per heavy atom. The van der Waals surface area contributed by atoms with Crippen LogP contribution in [0.4, 0.5) is 5.82 Å². The molecule has 0 unspecified atom stereocenters. The molecule has 3 heterocycles. The van der Waals surface area contributed by atoms with E-state index in [9.17, 15) is 0 Å². The number of hydrogen-bond donors (Lipinski definition) is 1. The van der Waals surface area contributed by atoms with Crippen molar-refractivity contribution in [1.82, 2.24) is 20.3 Å². The third kappa shape index (κ3) is 2.77. The quantitative estimate of drug-likeness (QED) is 0.919. The van der Waals surface area contributed by atoms with Crippen LogP contribution in [0.3, 0.4) is 0 Å². The maximum atomic E-state index is 4.41. The Balaban J connectivity index is 1.78. The van der Waals surface area contributed by atoms with Gasteiger partial charge in [-0.15, -0.1) is 0 Å². The molecule has 1 saturated heterocycles. The van der Waals surface area contributed by atoms with Crippen LogP contribution in [0.15, 0.2) is 36.8 Å². The van der Waals surface area contributed by atoms with Crippen molar-refractivity contribution in [2.45, 2.75) is 18.9 Å². The summed E-state index contributed by atoms with van der Waals surface area (Å²) in [4.78, 5) is 15.4. The molecule has 1 fully saturated rings. The molecular formula is C15H19N5. The van der Waals surface area contributed by atoms with E-state index in [1.807, 2.05) is 31.3 Å². The summed E-state index contributed by atoms with van der Waals surface area (Å²) in [5.41, 5.74) is 1.77. The van der Waals surface area contributed by atoms with Crippen molar-refractivity contribution >= 4 is 5.82 Å². The average molecular weight is 269 g/mol. The molecule has 0 amide bonds. The molecule has 5 heteroatoms. The van der Waals surface area contributed by atoms with Crippen molar-refractivity contribution < 1.29 is 0 Å². The first-order valence-electron chi connectivity index (χ1n) is 7.02. The molecule has 0 spiro atoms. The molecule has 1 N–H and O–H groups in total. The summed E-state index contributed by atoms with van der Waals surface area (Å²) in [6.07, 6.45) is 5.72. The smallest absolute Gasteiger partial charge is 0.132 e. The van der Waals surface area contributed by atoms with Gasteiger partial charge in [-0.05, 0) is 32.0 Å². The van der Waals surface area contributed by atoms with E-state index >= 15 is 0 Å². The molecule has 2 aromatic rings. The molecule has 0 radical (unpaired) electrons. The summed E-state index contributed by atoms with van der Waals surface area (Å²) in [6.45, 7) is 2.06. The highest BCUT2D eigenvalue weighted by molar-refractivity contribution is 5.58. The molecule has 0 aromatic carbocycles. The maximum absolute atomic E-state index is 4.41. The highest BCUT2D eigenvalue weighted by Crippen LogP contribution is 2.21. The van der Waals surface area contributed by atoms with Crippen LogP contribution in [0.1, 0.15) is 12.8 Å². The molecule has 0 atom stereocenters. The lowest BCUT2D eigenvalue weighted by Crippen LogP contribution is -2.41. The minimum Gasteiger partial charge on any atom is -0.356 e. The standard InChI is InChI=1S/C15H19N5/c1-16-12-5-8-20(9-6-12)15-10-14(18-11-19-15)13-4-2-3-7-17-13/h2-4,7,10-12,16H,5-6,8-9H2,1H3. The number of anilines is 1. The first-order chi connectivity index (χ1) is 9.86. The lowest BCUT2D eigenvalue weighted by Gasteiger charge is -2.32. The van der Waals surface area contributed by atoms with Crippen molar-refractivity contribution in [3.63, 3.8) is 0 Å². The van der Waals surface area contributed by atoms with E-state index in [2.05, 4.69) is 25.2 Å². The van der Waals surface area contributed by atoms with Gasteiger partial charge in [0.05, 0.1) is 11.4 Å². The van der Waals surface area contributed by atoms with Crippen LogP contribution in [-0.2, 0) is 0 Å². The average Bonchev–Trinajstić information content (AvgIpc) is 2.56. The van der Waals surface area contributed by atoms with Crippen molar-refractivity contribution in [3.05, 3.63) is 36.8 Å². The molecule has 104 valence electrons. The van der Waals surface area contributed by atoms with Crippen molar-refractivity contribution in [3.8, 4) is 11.4 Å². The fourth-order valence-corrected chi connectivity index (χ4v) is 2.57. The van der Waals surface area contributed by atoms with Crippen LogP contribution in [0.25, 0.3) is 11.4 Å². The van der Waals surface area contributed by atoms with Gasteiger partial charge in [-0.25, -0.2) is 9.97 Å². The normalized spacial score (nSPS) is 16.4. The van der Waals surface area contributed by atoms with Crippen LogP contribution >= 0.6 is 0 Å². The molecule has 2 aromatic heterocycles. The van der Waals surface area contributed by atoms with E-state index in [1.165, 1.54) is 0 Å². The Bertz CT molecular complexity index is 549. The highest BCUT2D eigenvalue weighted by Gasteiger charge is 2.19. The number of pyridine rings is 1. The molecular weight excluding hydrogens is 250 g/mol. The van der Waals surface area contributed by atoms with Gasteiger partial charge in [0.15, 0.2) is 0 Å². The topological polar surface area (TPSA) is 53.9 Å². The number of hydrogen-bond acceptors (Lipinski definition) is 5. The van der Waals surface area contributed by atoms with E-state index in [0.717, 1.165) is 43.1 Å². The van der Waals surface area contributed by atoms with Gasteiger partial charge in [-0.2, -0.15) is 0 Å². The van der Waals surface area contributed by atoms with E-state index < -0.39 is 0 Å². The Hall–Kier alpha value is -2.01. The molecule has 1 aliphatic rings. The monoisotopic (exact) mass is 269 g/mol. The summed E-state index contributed by atoms with van der Waals surface area (Å²) in [5, 5.41) is 3.34. The third-order valence-electron chi connectivity index (χ3n) is 3.81. The van der Waals surface area contributed by atoms with Gasteiger partial charge in [0.1, 0.15) is 12.1 Å². The second kappa shape index (κ2) is 5.96. The van der Waals surface area contributed by atoms with Crippen LogP contribution in [-0.4, -0.2) is 41.1 Å². The van der Waals surface area contributed by atoms with Crippen LogP contribution in [0.2, 0.25) is 0 Å². The van der Waals surface area contributed by atoms with Gasteiger partial charge in [-0.1, -0.05) is 6.07 Å². The first kappa shape index (κ1) is 13.0. The van der Waals surface area contributed by atoms with Crippen molar-refractivity contribution in [1.29, 1.82) is 0 Å².